The summed E-state index contributed by atoms with van der Waals surface area (Å²) in [4.78, 5) is 12.4. The predicted octanol–water partition coefficient (Wildman–Crippen LogP) is 3.86. The van der Waals surface area contributed by atoms with Crippen LogP contribution in [0.25, 0.3) is 22.3 Å². The highest BCUT2D eigenvalue weighted by molar-refractivity contribution is 6.08. The first kappa shape index (κ1) is 15.3. The van der Waals surface area contributed by atoms with Crippen LogP contribution in [0.4, 0.5) is 5.69 Å². The number of hydrogen-bond acceptors (Lipinski definition) is 3. The average Bonchev–Trinajstić information content (AvgIpc) is 3.01. The van der Waals surface area contributed by atoms with Gasteiger partial charge in [-0.1, -0.05) is 36.4 Å². The highest BCUT2D eigenvalue weighted by Crippen LogP contribution is 2.41. The van der Waals surface area contributed by atoms with Gasteiger partial charge in [-0.3, -0.25) is 4.79 Å². The second-order valence-electron chi connectivity index (χ2n) is 6.29. The van der Waals surface area contributed by atoms with Gasteiger partial charge in [0, 0.05) is 12.1 Å². The van der Waals surface area contributed by atoms with E-state index in [0.717, 1.165) is 33.4 Å². The van der Waals surface area contributed by atoms with Gasteiger partial charge in [0.15, 0.2) is 0 Å². The summed E-state index contributed by atoms with van der Waals surface area (Å²) < 4.78 is 0. The number of amides is 1. The third-order valence-corrected chi connectivity index (χ3v) is 4.72. The van der Waals surface area contributed by atoms with Crippen molar-refractivity contribution in [2.45, 2.75) is 13.5 Å². The molecule has 0 radical (unpaired) electrons. The lowest BCUT2D eigenvalue weighted by Gasteiger charge is -2.16. The van der Waals surface area contributed by atoms with E-state index in [9.17, 15) is 9.90 Å². The molecule has 1 heterocycles. The number of carbonyl (C=O) groups excluding carboxylic acids is 1. The van der Waals surface area contributed by atoms with Crippen LogP contribution in [0.3, 0.4) is 0 Å². The fraction of sp³-hybridized carbons (Fsp3) is 0.0952. The highest BCUT2D eigenvalue weighted by Gasteiger charge is 2.28. The van der Waals surface area contributed by atoms with Crippen LogP contribution in [0.5, 0.6) is 5.75 Å². The van der Waals surface area contributed by atoms with Crippen molar-refractivity contribution < 1.29 is 9.90 Å². The van der Waals surface area contributed by atoms with E-state index in [1.165, 1.54) is 0 Å². The van der Waals surface area contributed by atoms with Crippen molar-refractivity contribution in [1.29, 1.82) is 0 Å². The minimum Gasteiger partial charge on any atom is -0.508 e. The molecule has 1 amide bonds. The maximum atomic E-state index is 12.4. The number of rotatable bonds is 2. The van der Waals surface area contributed by atoms with Gasteiger partial charge in [-0.15, -0.1) is 0 Å². The molecule has 0 bridgehead atoms. The Balaban J connectivity index is 2.05. The molecule has 0 aromatic heterocycles. The zero-order chi connectivity index (χ0) is 17.6. The number of phenolic OH excluding ortho intramolecular Hbond substituents is 1. The van der Waals surface area contributed by atoms with E-state index in [-0.39, 0.29) is 11.7 Å². The summed E-state index contributed by atoms with van der Waals surface area (Å²) in [7, 11) is 0. The van der Waals surface area contributed by atoms with Gasteiger partial charge in [0.05, 0.1) is 11.3 Å². The minimum atomic E-state index is -0.149. The molecule has 3 aromatic rings. The number of benzene rings is 3. The van der Waals surface area contributed by atoms with Crippen LogP contribution in [0.2, 0.25) is 0 Å². The molecule has 0 saturated carbocycles. The molecule has 0 unspecified atom stereocenters. The standard InChI is InChI=1S/C21H18N2O2/c1-12-7-8-14(24)9-15(12)17-10-16(13-5-3-2-4-6-13)18-11-23-21(25)19(18)20(17)22/h2-10,24H,11,22H2,1H3,(H,23,25). The summed E-state index contributed by atoms with van der Waals surface area (Å²) in [6.45, 7) is 2.44. The Morgan fingerprint density at radius 2 is 1.76 bits per heavy atom. The molecule has 1 aliphatic heterocycles. The van der Waals surface area contributed by atoms with E-state index in [1.807, 2.05) is 49.4 Å². The van der Waals surface area contributed by atoms with E-state index in [0.29, 0.717) is 17.8 Å². The highest BCUT2D eigenvalue weighted by atomic mass is 16.3. The first-order valence-electron chi connectivity index (χ1n) is 8.15. The van der Waals surface area contributed by atoms with Gasteiger partial charge >= 0.3 is 0 Å². The first-order chi connectivity index (χ1) is 12.1. The number of phenols is 1. The smallest absolute Gasteiger partial charge is 0.254 e. The van der Waals surface area contributed by atoms with E-state index < -0.39 is 0 Å². The van der Waals surface area contributed by atoms with Crippen molar-refractivity contribution in [3.63, 3.8) is 0 Å². The van der Waals surface area contributed by atoms with Crippen molar-refractivity contribution in [2.24, 2.45) is 0 Å². The van der Waals surface area contributed by atoms with Crippen molar-refractivity contribution >= 4 is 11.6 Å². The number of carbonyl (C=O) groups is 1. The van der Waals surface area contributed by atoms with Gasteiger partial charge in [0.2, 0.25) is 0 Å². The monoisotopic (exact) mass is 330 g/mol. The van der Waals surface area contributed by atoms with Gasteiger partial charge in [0.25, 0.3) is 5.91 Å². The van der Waals surface area contributed by atoms with E-state index in [4.69, 9.17) is 5.73 Å². The van der Waals surface area contributed by atoms with E-state index in [2.05, 4.69) is 5.32 Å². The van der Waals surface area contributed by atoms with Gasteiger partial charge in [-0.05, 0) is 52.9 Å². The molecule has 1 aliphatic rings. The molecule has 0 atom stereocenters. The van der Waals surface area contributed by atoms with Crippen LogP contribution < -0.4 is 11.1 Å². The Bertz CT molecular complexity index is 995. The summed E-state index contributed by atoms with van der Waals surface area (Å²) >= 11 is 0. The Morgan fingerprint density at radius 3 is 2.52 bits per heavy atom. The number of aromatic hydroxyl groups is 1. The Morgan fingerprint density at radius 1 is 1.00 bits per heavy atom. The average molecular weight is 330 g/mol. The molecule has 25 heavy (non-hydrogen) atoms. The molecule has 4 heteroatoms. The lowest BCUT2D eigenvalue weighted by molar-refractivity contribution is 0.0966. The lowest BCUT2D eigenvalue weighted by atomic mass is 9.88. The Kier molecular flexibility index (Phi) is 3.46. The molecule has 4 rings (SSSR count). The largest absolute Gasteiger partial charge is 0.508 e. The van der Waals surface area contributed by atoms with Crippen LogP contribution in [-0.4, -0.2) is 11.0 Å². The SMILES string of the molecule is Cc1ccc(O)cc1-c1cc(-c2ccccc2)c2c(c1N)C(=O)NC2. The summed E-state index contributed by atoms with van der Waals surface area (Å²) in [5.74, 6) is 0.0237. The van der Waals surface area contributed by atoms with Gasteiger partial charge in [-0.2, -0.15) is 0 Å². The molecule has 4 nitrogen and oxygen atoms in total. The Hall–Kier alpha value is -3.27. The quantitative estimate of drug-likeness (QED) is 0.625. The van der Waals surface area contributed by atoms with Crippen molar-refractivity contribution in [3.8, 4) is 28.0 Å². The van der Waals surface area contributed by atoms with Crippen molar-refractivity contribution in [3.05, 3.63) is 71.3 Å². The van der Waals surface area contributed by atoms with Crippen LogP contribution >= 0.6 is 0 Å². The summed E-state index contributed by atoms with van der Waals surface area (Å²) in [6, 6.07) is 17.2. The number of nitrogens with one attached hydrogen (secondary N) is 1. The third-order valence-electron chi connectivity index (χ3n) is 4.72. The summed E-state index contributed by atoms with van der Waals surface area (Å²) in [5, 5.41) is 12.8. The number of aryl methyl sites for hydroxylation is 1. The van der Waals surface area contributed by atoms with Gasteiger partial charge in [-0.25, -0.2) is 0 Å². The summed E-state index contributed by atoms with van der Waals surface area (Å²) in [5.41, 5.74) is 12.9. The zero-order valence-corrected chi connectivity index (χ0v) is 13.8. The number of nitrogens with two attached hydrogens (primary N) is 1. The van der Waals surface area contributed by atoms with Crippen molar-refractivity contribution in [2.75, 3.05) is 5.73 Å². The van der Waals surface area contributed by atoms with Gasteiger partial charge in [0.1, 0.15) is 5.75 Å². The number of nitrogen functional groups attached to an aromatic ring is 1. The Labute approximate surface area is 145 Å². The normalized spacial score (nSPS) is 12.8. The maximum absolute atomic E-state index is 12.4. The van der Waals surface area contributed by atoms with Crippen LogP contribution in [0.15, 0.2) is 54.6 Å². The topological polar surface area (TPSA) is 75.3 Å². The number of anilines is 1. The second kappa shape index (κ2) is 5.67. The number of fused-ring (bicyclic) bond motifs is 1. The van der Waals surface area contributed by atoms with Crippen LogP contribution in [0, 0.1) is 6.92 Å². The van der Waals surface area contributed by atoms with E-state index in [1.54, 1.807) is 12.1 Å². The fourth-order valence-electron chi connectivity index (χ4n) is 3.44. The maximum Gasteiger partial charge on any atom is 0.254 e. The van der Waals surface area contributed by atoms with E-state index >= 15 is 0 Å². The summed E-state index contributed by atoms with van der Waals surface area (Å²) in [6.07, 6.45) is 0. The molecular formula is C21H18N2O2. The molecule has 0 aliphatic carbocycles. The lowest BCUT2D eigenvalue weighted by Crippen LogP contribution is -2.13. The molecule has 124 valence electrons. The molecule has 0 saturated heterocycles. The van der Waals surface area contributed by atoms with Gasteiger partial charge < -0.3 is 16.2 Å². The molecule has 4 N–H and O–H groups in total. The molecular weight excluding hydrogens is 312 g/mol. The molecule has 0 fully saturated rings. The first-order valence-corrected chi connectivity index (χ1v) is 8.15. The van der Waals surface area contributed by atoms with Crippen molar-refractivity contribution in [1.82, 2.24) is 5.32 Å². The molecule has 0 spiro atoms. The molecule has 3 aromatic carbocycles. The number of hydrogen-bond donors (Lipinski definition) is 3. The third kappa shape index (κ3) is 2.43. The second-order valence-corrected chi connectivity index (χ2v) is 6.29. The predicted molar refractivity (Wildman–Crippen MR) is 99.3 cm³/mol. The fourth-order valence-corrected chi connectivity index (χ4v) is 3.44. The van der Waals surface area contributed by atoms with Crippen LogP contribution in [0.1, 0.15) is 21.5 Å². The van der Waals surface area contributed by atoms with Crippen LogP contribution in [-0.2, 0) is 6.54 Å². The minimum absolute atomic E-state index is 0.149. The zero-order valence-electron chi connectivity index (χ0n) is 13.8.